The molecule has 5 nitrogen and oxygen atoms in total. The first-order valence-corrected chi connectivity index (χ1v) is 10.5. The van der Waals surface area contributed by atoms with Crippen LogP contribution in [0.15, 0.2) is 53.7 Å². The van der Waals surface area contributed by atoms with Crippen molar-refractivity contribution in [2.45, 2.75) is 45.1 Å². The zero-order valence-electron chi connectivity index (χ0n) is 17.3. The number of oxime groups is 1. The molecule has 0 radical (unpaired) electrons. The Morgan fingerprint density at radius 3 is 2.73 bits per heavy atom. The molecule has 0 saturated carbocycles. The van der Waals surface area contributed by atoms with Crippen LogP contribution in [0.5, 0.6) is 0 Å². The Kier molecular flexibility index (Phi) is 8.22. The van der Waals surface area contributed by atoms with Gasteiger partial charge >= 0.3 is 0 Å². The van der Waals surface area contributed by atoms with Crippen LogP contribution in [0.2, 0.25) is 5.02 Å². The fourth-order valence-corrected chi connectivity index (χ4v) is 3.59. The van der Waals surface area contributed by atoms with Gasteiger partial charge in [0.2, 0.25) is 0 Å². The standard InChI is InChI=1S/C23H28ClFN2O3/c1-16(2)29-15-21(28)13-27(12-17-4-3-5-19(24)10-17)14-22-11-23(26-30-22)18-6-8-20(25)9-7-18/h3-10,16,21-22,28H,11-15H2,1-2H3/t21-,22-/m1/s1. The average molecular weight is 435 g/mol. The molecule has 1 aliphatic heterocycles. The highest BCUT2D eigenvalue weighted by molar-refractivity contribution is 6.30. The number of aliphatic hydroxyl groups excluding tert-OH is 1. The third-order valence-electron chi connectivity index (χ3n) is 4.76. The SMILES string of the molecule is CC(C)OC[C@H](O)CN(Cc1cccc(Cl)c1)C[C@H]1CC(c2ccc(F)cc2)=NO1. The van der Waals surface area contributed by atoms with E-state index in [9.17, 15) is 9.50 Å². The van der Waals surface area contributed by atoms with Gasteiger partial charge in [0, 0.05) is 31.1 Å². The summed E-state index contributed by atoms with van der Waals surface area (Å²) >= 11 is 6.13. The number of nitrogens with zero attached hydrogens (tertiary/aromatic N) is 2. The largest absolute Gasteiger partial charge is 0.390 e. The van der Waals surface area contributed by atoms with Crippen LogP contribution in [-0.2, 0) is 16.1 Å². The first-order valence-electron chi connectivity index (χ1n) is 10.1. The Morgan fingerprint density at radius 2 is 2.03 bits per heavy atom. The lowest BCUT2D eigenvalue weighted by Crippen LogP contribution is -2.39. The molecule has 0 unspecified atom stereocenters. The number of benzene rings is 2. The van der Waals surface area contributed by atoms with Gasteiger partial charge in [-0.2, -0.15) is 0 Å². The Balaban J connectivity index is 1.62. The fourth-order valence-electron chi connectivity index (χ4n) is 3.38. The molecular formula is C23H28ClFN2O3. The van der Waals surface area contributed by atoms with Crippen molar-refractivity contribution < 1.29 is 19.1 Å². The molecule has 1 N–H and O–H groups in total. The summed E-state index contributed by atoms with van der Waals surface area (Å²) in [5.41, 5.74) is 2.70. The zero-order chi connectivity index (χ0) is 21.5. The van der Waals surface area contributed by atoms with Gasteiger partial charge < -0.3 is 14.7 Å². The second kappa shape index (κ2) is 10.9. The van der Waals surface area contributed by atoms with Crippen LogP contribution in [0, 0.1) is 5.82 Å². The molecule has 0 aromatic heterocycles. The molecule has 0 bridgehead atoms. The molecule has 1 aliphatic rings. The number of aliphatic hydroxyl groups is 1. The molecule has 2 aromatic carbocycles. The fraction of sp³-hybridized carbons (Fsp3) is 0.435. The molecule has 0 saturated heterocycles. The van der Waals surface area contributed by atoms with E-state index in [-0.39, 0.29) is 24.6 Å². The van der Waals surface area contributed by atoms with Crippen molar-refractivity contribution in [3.8, 4) is 0 Å². The van der Waals surface area contributed by atoms with E-state index < -0.39 is 6.10 Å². The summed E-state index contributed by atoms with van der Waals surface area (Å²) < 4.78 is 18.7. The van der Waals surface area contributed by atoms with Crippen molar-refractivity contribution in [1.82, 2.24) is 4.90 Å². The summed E-state index contributed by atoms with van der Waals surface area (Å²) in [6.07, 6.45) is -0.0882. The van der Waals surface area contributed by atoms with E-state index in [1.165, 1.54) is 12.1 Å². The lowest BCUT2D eigenvalue weighted by molar-refractivity contribution is -0.0194. The number of rotatable bonds is 10. The second-order valence-electron chi connectivity index (χ2n) is 7.84. The summed E-state index contributed by atoms with van der Waals surface area (Å²) in [5, 5.41) is 15.3. The Morgan fingerprint density at radius 1 is 1.27 bits per heavy atom. The van der Waals surface area contributed by atoms with Crippen LogP contribution in [0.3, 0.4) is 0 Å². The van der Waals surface area contributed by atoms with E-state index in [2.05, 4.69) is 10.1 Å². The molecule has 2 aromatic rings. The minimum atomic E-state index is -0.620. The highest BCUT2D eigenvalue weighted by Crippen LogP contribution is 2.20. The van der Waals surface area contributed by atoms with Crippen molar-refractivity contribution in [3.63, 3.8) is 0 Å². The number of ether oxygens (including phenoxy) is 1. The van der Waals surface area contributed by atoms with Crippen molar-refractivity contribution in [3.05, 3.63) is 70.5 Å². The quantitative estimate of drug-likeness (QED) is 0.607. The van der Waals surface area contributed by atoms with Gasteiger partial charge in [-0.15, -0.1) is 0 Å². The molecule has 1 heterocycles. The lowest BCUT2D eigenvalue weighted by atomic mass is 10.0. The van der Waals surface area contributed by atoms with Gasteiger partial charge in [0.25, 0.3) is 0 Å². The minimum Gasteiger partial charge on any atom is -0.390 e. The molecule has 162 valence electrons. The third-order valence-corrected chi connectivity index (χ3v) is 4.99. The van der Waals surface area contributed by atoms with Crippen molar-refractivity contribution in [2.75, 3.05) is 19.7 Å². The van der Waals surface area contributed by atoms with E-state index in [1.54, 1.807) is 12.1 Å². The maximum atomic E-state index is 13.2. The maximum Gasteiger partial charge on any atom is 0.145 e. The maximum absolute atomic E-state index is 13.2. The van der Waals surface area contributed by atoms with E-state index in [0.29, 0.717) is 31.1 Å². The minimum absolute atomic E-state index is 0.0610. The van der Waals surface area contributed by atoms with Crippen LogP contribution in [0.1, 0.15) is 31.4 Å². The lowest BCUT2D eigenvalue weighted by Gasteiger charge is -2.27. The van der Waals surface area contributed by atoms with Crippen molar-refractivity contribution >= 4 is 17.3 Å². The predicted molar refractivity (Wildman–Crippen MR) is 116 cm³/mol. The van der Waals surface area contributed by atoms with E-state index in [1.807, 2.05) is 38.1 Å². The molecule has 3 rings (SSSR count). The number of hydrogen-bond acceptors (Lipinski definition) is 5. The highest BCUT2D eigenvalue weighted by Gasteiger charge is 2.26. The van der Waals surface area contributed by atoms with Crippen LogP contribution in [0.25, 0.3) is 0 Å². The van der Waals surface area contributed by atoms with Crippen LogP contribution < -0.4 is 0 Å². The van der Waals surface area contributed by atoms with Gasteiger partial charge in [0.1, 0.15) is 11.9 Å². The normalized spacial score (nSPS) is 17.3. The first-order chi connectivity index (χ1) is 14.4. The van der Waals surface area contributed by atoms with Gasteiger partial charge in [-0.1, -0.05) is 41.0 Å². The summed E-state index contributed by atoms with van der Waals surface area (Å²) in [4.78, 5) is 7.75. The van der Waals surface area contributed by atoms with Crippen molar-refractivity contribution in [2.24, 2.45) is 5.16 Å². The summed E-state index contributed by atoms with van der Waals surface area (Å²) in [6.45, 7) is 5.79. The monoisotopic (exact) mass is 434 g/mol. The van der Waals surface area contributed by atoms with Gasteiger partial charge in [-0.05, 0) is 49.2 Å². The Bertz CT molecular complexity index is 845. The smallest absolute Gasteiger partial charge is 0.145 e. The van der Waals surface area contributed by atoms with E-state index in [0.717, 1.165) is 16.8 Å². The third kappa shape index (κ3) is 7.06. The molecule has 0 amide bonds. The van der Waals surface area contributed by atoms with Crippen LogP contribution in [0.4, 0.5) is 4.39 Å². The van der Waals surface area contributed by atoms with Crippen molar-refractivity contribution in [1.29, 1.82) is 0 Å². The summed E-state index contributed by atoms with van der Waals surface area (Å²) in [6, 6.07) is 13.9. The van der Waals surface area contributed by atoms with Crippen LogP contribution >= 0.6 is 11.6 Å². The summed E-state index contributed by atoms with van der Waals surface area (Å²) in [5.74, 6) is -0.278. The van der Waals surface area contributed by atoms with Gasteiger partial charge in [-0.25, -0.2) is 4.39 Å². The zero-order valence-corrected chi connectivity index (χ0v) is 18.1. The second-order valence-corrected chi connectivity index (χ2v) is 8.27. The van der Waals surface area contributed by atoms with Gasteiger partial charge in [0.05, 0.1) is 24.5 Å². The highest BCUT2D eigenvalue weighted by atomic mass is 35.5. The average Bonchev–Trinajstić information content (AvgIpc) is 3.15. The molecule has 2 atom stereocenters. The van der Waals surface area contributed by atoms with E-state index in [4.69, 9.17) is 21.2 Å². The van der Waals surface area contributed by atoms with Crippen LogP contribution in [-0.4, -0.2) is 53.7 Å². The topological polar surface area (TPSA) is 54.3 Å². The van der Waals surface area contributed by atoms with Gasteiger partial charge in [-0.3, -0.25) is 4.90 Å². The summed E-state index contributed by atoms with van der Waals surface area (Å²) in [7, 11) is 0. The molecule has 30 heavy (non-hydrogen) atoms. The predicted octanol–water partition coefficient (Wildman–Crippen LogP) is 4.26. The Hall–Kier alpha value is -1.99. The first kappa shape index (κ1) is 22.7. The van der Waals surface area contributed by atoms with Gasteiger partial charge in [0.15, 0.2) is 0 Å². The molecule has 0 spiro atoms. The van der Waals surface area contributed by atoms with E-state index >= 15 is 0 Å². The molecular weight excluding hydrogens is 407 g/mol. The molecule has 0 aliphatic carbocycles. The number of hydrogen-bond donors (Lipinski definition) is 1. The molecule has 0 fully saturated rings. The number of halogens is 2. The Labute approximate surface area is 182 Å². The molecule has 7 heteroatoms.